The van der Waals surface area contributed by atoms with Gasteiger partial charge in [-0.2, -0.15) is 0 Å². The summed E-state index contributed by atoms with van der Waals surface area (Å²) in [7, 11) is 0. The summed E-state index contributed by atoms with van der Waals surface area (Å²) in [5.41, 5.74) is 19.1. The maximum Gasteiger partial charge on any atom is 0.137 e. The first-order chi connectivity index (χ1) is 33.2. The van der Waals surface area contributed by atoms with Crippen molar-refractivity contribution < 1.29 is 4.42 Å². The van der Waals surface area contributed by atoms with Crippen LogP contribution in [0.1, 0.15) is 22.3 Å². The Balaban J connectivity index is 0.928. The maximum atomic E-state index is 6.54. The van der Waals surface area contributed by atoms with Crippen LogP contribution in [0.5, 0.6) is 0 Å². The van der Waals surface area contributed by atoms with Gasteiger partial charge in [0.05, 0.1) is 22.2 Å². The van der Waals surface area contributed by atoms with Gasteiger partial charge < -0.3 is 9.32 Å². The Hall–Kier alpha value is -8.72. The summed E-state index contributed by atoms with van der Waals surface area (Å²) in [5.74, 6) is 0. The molecule has 0 aliphatic heterocycles. The fourth-order valence-corrected chi connectivity index (χ4v) is 10.9. The molecule has 0 saturated carbocycles. The summed E-state index contributed by atoms with van der Waals surface area (Å²) in [6.07, 6.45) is 0. The molecule has 1 aliphatic carbocycles. The molecule has 2 heteroatoms. The van der Waals surface area contributed by atoms with Crippen LogP contribution in [0, 0.1) is 0 Å². The first-order valence-corrected chi connectivity index (χ1v) is 23.1. The lowest BCUT2D eigenvalue weighted by Gasteiger charge is -2.34. The fraction of sp³-hybridized carbons (Fsp3) is 0.0154. The Kier molecular flexibility index (Phi) is 9.11. The summed E-state index contributed by atoms with van der Waals surface area (Å²) in [6.45, 7) is 0. The second-order valence-corrected chi connectivity index (χ2v) is 17.6. The molecule has 0 fully saturated rings. The van der Waals surface area contributed by atoms with Crippen molar-refractivity contribution in [3.8, 4) is 44.5 Å². The lowest BCUT2D eigenvalue weighted by Crippen LogP contribution is -2.28. The third-order valence-corrected chi connectivity index (χ3v) is 14.0. The van der Waals surface area contributed by atoms with Crippen LogP contribution in [0.25, 0.3) is 77.2 Å². The predicted octanol–water partition coefficient (Wildman–Crippen LogP) is 17.6. The summed E-state index contributed by atoms with van der Waals surface area (Å²) < 4.78 is 6.54. The quantitative estimate of drug-likeness (QED) is 0.151. The molecule has 0 amide bonds. The molecule has 1 aromatic heterocycles. The van der Waals surface area contributed by atoms with Crippen molar-refractivity contribution in [1.82, 2.24) is 0 Å². The van der Waals surface area contributed by atoms with Gasteiger partial charge in [-0.3, -0.25) is 0 Å². The van der Waals surface area contributed by atoms with Crippen LogP contribution in [0.2, 0.25) is 0 Å². The Bertz CT molecular complexity index is 3730. The first-order valence-electron chi connectivity index (χ1n) is 23.1. The normalized spacial score (nSPS) is 12.6. The highest BCUT2D eigenvalue weighted by Gasteiger charge is 2.47. The molecular weight excluding hydrogens is 811 g/mol. The summed E-state index contributed by atoms with van der Waals surface area (Å²) in [4.78, 5) is 2.46. The van der Waals surface area contributed by atoms with Gasteiger partial charge in [-0.1, -0.05) is 218 Å². The van der Waals surface area contributed by atoms with E-state index >= 15 is 0 Å². The zero-order chi connectivity index (χ0) is 44.3. The molecule has 0 bridgehead atoms. The van der Waals surface area contributed by atoms with Crippen molar-refractivity contribution in [2.45, 2.75) is 5.41 Å². The van der Waals surface area contributed by atoms with Crippen LogP contribution in [-0.2, 0) is 5.41 Å². The first kappa shape index (κ1) is 38.7. The fourth-order valence-electron chi connectivity index (χ4n) is 10.9. The molecule has 314 valence electrons. The Morgan fingerprint density at radius 2 is 0.821 bits per heavy atom. The minimum Gasteiger partial charge on any atom is -0.456 e. The van der Waals surface area contributed by atoms with Gasteiger partial charge in [-0.05, 0) is 114 Å². The third kappa shape index (κ3) is 6.26. The highest BCUT2D eigenvalue weighted by molar-refractivity contribution is 6.14. The number of rotatable bonds is 8. The monoisotopic (exact) mass is 853 g/mol. The van der Waals surface area contributed by atoms with Gasteiger partial charge in [0.1, 0.15) is 11.2 Å². The molecule has 0 saturated heterocycles. The van der Waals surface area contributed by atoms with E-state index in [9.17, 15) is 0 Å². The maximum absolute atomic E-state index is 6.54. The minimum atomic E-state index is -0.528. The van der Waals surface area contributed by atoms with Crippen LogP contribution in [-0.4, -0.2) is 0 Å². The number of hydrogen-bond donors (Lipinski definition) is 0. The van der Waals surface area contributed by atoms with E-state index in [2.05, 4.69) is 260 Å². The molecule has 0 spiro atoms. The number of fused-ring (bicyclic) bond motifs is 7. The lowest BCUT2D eigenvalue weighted by molar-refractivity contribution is 0.669. The molecule has 1 heterocycles. The molecule has 12 aromatic rings. The largest absolute Gasteiger partial charge is 0.456 e. The Morgan fingerprint density at radius 3 is 1.51 bits per heavy atom. The van der Waals surface area contributed by atoms with Gasteiger partial charge in [0, 0.05) is 16.6 Å². The van der Waals surface area contributed by atoms with Crippen molar-refractivity contribution in [3.05, 3.63) is 283 Å². The molecule has 2 nitrogen and oxygen atoms in total. The molecule has 0 N–H and O–H groups in total. The van der Waals surface area contributed by atoms with E-state index in [0.717, 1.165) is 44.6 Å². The average Bonchev–Trinajstić information content (AvgIpc) is 3.94. The van der Waals surface area contributed by atoms with Crippen molar-refractivity contribution in [3.63, 3.8) is 0 Å². The summed E-state index contributed by atoms with van der Waals surface area (Å²) >= 11 is 0. The van der Waals surface area contributed by atoms with E-state index in [1.807, 2.05) is 6.07 Å². The molecule has 11 aromatic carbocycles. The van der Waals surface area contributed by atoms with E-state index < -0.39 is 5.41 Å². The molecule has 13 rings (SSSR count). The third-order valence-electron chi connectivity index (χ3n) is 14.0. The number of anilines is 3. The Morgan fingerprint density at radius 1 is 0.328 bits per heavy atom. The van der Waals surface area contributed by atoms with Crippen LogP contribution < -0.4 is 4.90 Å². The van der Waals surface area contributed by atoms with E-state index in [-0.39, 0.29) is 0 Å². The van der Waals surface area contributed by atoms with E-state index in [1.54, 1.807) is 0 Å². The second kappa shape index (κ2) is 15.8. The van der Waals surface area contributed by atoms with Crippen LogP contribution in [0.4, 0.5) is 17.1 Å². The molecule has 0 atom stereocenters. The number of para-hydroxylation sites is 1. The standard InChI is InChI=1S/C65H43NO/c1-3-17-52(18-4-1)65(53-19-5-2-6-20-53)57-23-11-9-21-55(57)63-58(65)24-13-25-59(63)66(60-26-14-28-62-64(60)56-22-10-12-27-61(56)67-62)54-41-39-48(40-42-54)47-31-29-45(30-32-47)46-33-35-49(36-34-46)51-38-37-44-15-7-8-16-50(44)43-51/h1-43H. The minimum absolute atomic E-state index is 0.528. The second-order valence-electron chi connectivity index (χ2n) is 17.6. The lowest BCUT2D eigenvalue weighted by atomic mass is 9.68. The van der Waals surface area contributed by atoms with Gasteiger partial charge in [0.25, 0.3) is 0 Å². The van der Waals surface area contributed by atoms with Crippen LogP contribution >= 0.6 is 0 Å². The number of furan rings is 1. The average molecular weight is 854 g/mol. The topological polar surface area (TPSA) is 16.4 Å². The van der Waals surface area contributed by atoms with Crippen molar-refractivity contribution in [2.24, 2.45) is 0 Å². The predicted molar refractivity (Wildman–Crippen MR) is 280 cm³/mol. The molecule has 67 heavy (non-hydrogen) atoms. The molecule has 1 aliphatic rings. The highest BCUT2D eigenvalue weighted by Crippen LogP contribution is 2.60. The SMILES string of the molecule is c1ccc(C2(c3ccccc3)c3ccccc3-c3c(N(c4ccc(-c5ccc(-c6ccc(-c7ccc8ccccc8c7)cc6)cc5)cc4)c4cccc5oc6ccccc6c45)cccc32)cc1. The van der Waals surface area contributed by atoms with Crippen molar-refractivity contribution in [2.75, 3.05) is 4.90 Å². The van der Waals surface area contributed by atoms with E-state index in [4.69, 9.17) is 4.42 Å². The van der Waals surface area contributed by atoms with Gasteiger partial charge >= 0.3 is 0 Å². The molecule has 0 unspecified atom stereocenters. The number of benzene rings is 11. The zero-order valence-electron chi connectivity index (χ0n) is 36.7. The zero-order valence-corrected chi connectivity index (χ0v) is 36.7. The van der Waals surface area contributed by atoms with Crippen LogP contribution in [0.3, 0.4) is 0 Å². The Labute approximate surface area is 390 Å². The van der Waals surface area contributed by atoms with Crippen molar-refractivity contribution >= 4 is 49.8 Å². The van der Waals surface area contributed by atoms with Gasteiger partial charge in [-0.15, -0.1) is 0 Å². The number of nitrogens with zero attached hydrogens (tertiary/aromatic N) is 1. The highest BCUT2D eigenvalue weighted by atomic mass is 16.3. The molecule has 0 radical (unpaired) electrons. The van der Waals surface area contributed by atoms with E-state index in [0.29, 0.717) is 0 Å². The van der Waals surface area contributed by atoms with Gasteiger partial charge in [-0.25, -0.2) is 0 Å². The summed E-state index contributed by atoms with van der Waals surface area (Å²) in [5, 5.41) is 4.70. The van der Waals surface area contributed by atoms with Gasteiger partial charge in [0.2, 0.25) is 0 Å². The van der Waals surface area contributed by atoms with E-state index in [1.165, 1.54) is 72.0 Å². The smallest absolute Gasteiger partial charge is 0.137 e. The summed E-state index contributed by atoms with van der Waals surface area (Å²) in [6, 6.07) is 95.0. The van der Waals surface area contributed by atoms with Crippen LogP contribution in [0.15, 0.2) is 265 Å². The molecular formula is C65H43NO. The van der Waals surface area contributed by atoms with Gasteiger partial charge in [0.15, 0.2) is 0 Å². The van der Waals surface area contributed by atoms with Crippen molar-refractivity contribution in [1.29, 1.82) is 0 Å². The number of hydrogen-bond acceptors (Lipinski definition) is 2.